The maximum atomic E-state index is 4.09. The van der Waals surface area contributed by atoms with E-state index in [-0.39, 0.29) is 11.6 Å². The Morgan fingerprint density at radius 2 is 1.94 bits per heavy atom. The molecular formula is C12H22N4. The highest BCUT2D eigenvalue weighted by atomic mass is 15.2. The lowest BCUT2D eigenvalue weighted by molar-refractivity contribution is 0.116. The van der Waals surface area contributed by atoms with Gasteiger partial charge in [-0.2, -0.15) is 0 Å². The quantitative estimate of drug-likeness (QED) is 0.819. The Hall–Kier alpha value is -1.00. The summed E-state index contributed by atoms with van der Waals surface area (Å²) in [5, 5.41) is 3.37. The number of hydrogen-bond donors (Lipinski definition) is 1. The zero-order valence-corrected chi connectivity index (χ0v) is 10.9. The minimum Gasteiger partial charge on any atom is -0.311 e. The van der Waals surface area contributed by atoms with E-state index < -0.39 is 0 Å². The molecule has 0 saturated carbocycles. The molecule has 0 aliphatic rings. The summed E-state index contributed by atoms with van der Waals surface area (Å²) in [7, 11) is 6.20. The molecular weight excluding hydrogens is 200 g/mol. The topological polar surface area (TPSA) is 41.1 Å². The van der Waals surface area contributed by atoms with Crippen molar-refractivity contribution in [2.75, 3.05) is 21.1 Å². The highest BCUT2D eigenvalue weighted by molar-refractivity contribution is 5.16. The second kappa shape index (κ2) is 5.37. The van der Waals surface area contributed by atoms with Crippen molar-refractivity contribution in [1.82, 2.24) is 20.2 Å². The lowest BCUT2D eigenvalue weighted by atomic mass is 9.84. The van der Waals surface area contributed by atoms with Crippen LogP contribution in [0, 0.1) is 0 Å². The molecule has 0 aliphatic heterocycles. The summed E-state index contributed by atoms with van der Waals surface area (Å²) >= 11 is 0. The van der Waals surface area contributed by atoms with E-state index in [2.05, 4.69) is 48.1 Å². The lowest BCUT2D eigenvalue weighted by Crippen LogP contribution is -2.50. The van der Waals surface area contributed by atoms with Crippen LogP contribution in [0.25, 0.3) is 0 Å². The van der Waals surface area contributed by atoms with Crippen LogP contribution in [0.3, 0.4) is 0 Å². The predicted molar refractivity (Wildman–Crippen MR) is 66.2 cm³/mol. The largest absolute Gasteiger partial charge is 0.311 e. The minimum atomic E-state index is 0.0550. The first kappa shape index (κ1) is 13.1. The molecule has 0 radical (unpaired) electrons. The van der Waals surface area contributed by atoms with Crippen molar-refractivity contribution in [3.8, 4) is 0 Å². The van der Waals surface area contributed by atoms with Crippen molar-refractivity contribution in [3.63, 3.8) is 0 Å². The molecule has 2 atom stereocenters. The summed E-state index contributed by atoms with van der Waals surface area (Å²) in [6.07, 6.45) is 6.38. The second-order valence-corrected chi connectivity index (χ2v) is 4.50. The van der Waals surface area contributed by atoms with Gasteiger partial charge in [0.2, 0.25) is 0 Å². The van der Waals surface area contributed by atoms with Crippen LogP contribution >= 0.6 is 0 Å². The molecule has 0 spiro atoms. The monoisotopic (exact) mass is 222 g/mol. The average Bonchev–Trinajstić information content (AvgIpc) is 2.30. The van der Waals surface area contributed by atoms with Crippen molar-refractivity contribution < 1.29 is 0 Å². The van der Waals surface area contributed by atoms with Gasteiger partial charge in [0.15, 0.2) is 0 Å². The predicted octanol–water partition coefficient (Wildman–Crippen LogP) is 1.47. The van der Waals surface area contributed by atoms with Crippen LogP contribution in [0.5, 0.6) is 0 Å². The summed E-state index contributed by atoms with van der Waals surface area (Å²) in [6, 6.07) is 0.230. The van der Waals surface area contributed by atoms with Crippen LogP contribution in [0.2, 0.25) is 0 Å². The molecule has 16 heavy (non-hydrogen) atoms. The molecule has 0 fully saturated rings. The van der Waals surface area contributed by atoms with Crippen molar-refractivity contribution in [3.05, 3.63) is 24.3 Å². The van der Waals surface area contributed by atoms with E-state index in [4.69, 9.17) is 0 Å². The Bertz CT molecular complexity index is 312. The van der Waals surface area contributed by atoms with Gasteiger partial charge >= 0.3 is 0 Å². The first-order valence-corrected chi connectivity index (χ1v) is 5.65. The Balaban J connectivity index is 3.06. The summed E-state index contributed by atoms with van der Waals surface area (Å²) in [5.74, 6) is 0. The summed E-state index contributed by atoms with van der Waals surface area (Å²) in [5.41, 5.74) is 1.18. The molecule has 4 heteroatoms. The summed E-state index contributed by atoms with van der Waals surface area (Å²) in [4.78, 5) is 10.4. The lowest BCUT2D eigenvalue weighted by Gasteiger charge is -2.42. The van der Waals surface area contributed by atoms with Gasteiger partial charge in [0.25, 0.3) is 0 Å². The van der Waals surface area contributed by atoms with Gasteiger partial charge in [-0.3, -0.25) is 0 Å². The van der Waals surface area contributed by atoms with Crippen molar-refractivity contribution in [2.24, 2.45) is 0 Å². The Labute approximate surface area is 98.1 Å². The molecule has 0 bridgehead atoms. The highest BCUT2D eigenvalue weighted by Gasteiger charge is 2.35. The van der Waals surface area contributed by atoms with Crippen LogP contribution in [-0.4, -0.2) is 41.5 Å². The molecule has 1 aromatic rings. The Morgan fingerprint density at radius 3 is 2.31 bits per heavy atom. The van der Waals surface area contributed by atoms with Crippen LogP contribution in [0.4, 0.5) is 0 Å². The molecule has 0 amide bonds. The Kier molecular flexibility index (Phi) is 4.38. The van der Waals surface area contributed by atoms with E-state index in [1.165, 1.54) is 0 Å². The van der Waals surface area contributed by atoms with Gasteiger partial charge < -0.3 is 10.2 Å². The third-order valence-corrected chi connectivity index (χ3v) is 3.56. The third-order valence-electron chi connectivity index (χ3n) is 3.56. The van der Waals surface area contributed by atoms with Gasteiger partial charge in [-0.25, -0.2) is 9.97 Å². The normalized spacial score (nSPS) is 17.1. The molecule has 1 rings (SSSR count). The second-order valence-electron chi connectivity index (χ2n) is 4.50. The van der Waals surface area contributed by atoms with Gasteiger partial charge in [0, 0.05) is 23.5 Å². The van der Waals surface area contributed by atoms with Crippen LogP contribution in [0.15, 0.2) is 18.7 Å². The maximum Gasteiger partial charge on any atom is 0.115 e. The standard InChI is InChI=1S/C12H22N4/c1-6-12(2,16(4)5)11(13-3)10-7-14-9-15-8-10/h7-9,11,13H,6H2,1-5H3. The fraction of sp³-hybridized carbons (Fsp3) is 0.667. The molecule has 0 aliphatic carbocycles. The average molecular weight is 222 g/mol. The van der Waals surface area contributed by atoms with Crippen LogP contribution in [0.1, 0.15) is 31.9 Å². The Morgan fingerprint density at radius 1 is 1.38 bits per heavy atom. The van der Waals surface area contributed by atoms with Crippen LogP contribution < -0.4 is 5.32 Å². The maximum absolute atomic E-state index is 4.09. The highest BCUT2D eigenvalue weighted by Crippen LogP contribution is 2.31. The first-order chi connectivity index (χ1) is 7.56. The van der Waals surface area contributed by atoms with Gasteiger partial charge in [-0.05, 0) is 34.5 Å². The molecule has 2 unspecified atom stereocenters. The first-order valence-electron chi connectivity index (χ1n) is 5.65. The molecule has 1 aromatic heterocycles. The van der Waals surface area contributed by atoms with Crippen LogP contribution in [-0.2, 0) is 0 Å². The third kappa shape index (κ3) is 2.39. The number of likely N-dealkylation sites (N-methyl/N-ethyl adjacent to an activating group) is 2. The molecule has 0 saturated heterocycles. The SMILES string of the molecule is CCC(C)(C(NC)c1cncnc1)N(C)C. The van der Waals surface area contributed by atoms with Crippen molar-refractivity contribution >= 4 is 0 Å². The molecule has 4 nitrogen and oxygen atoms in total. The number of nitrogens with one attached hydrogen (secondary N) is 1. The summed E-state index contributed by atoms with van der Waals surface area (Å²) < 4.78 is 0. The zero-order valence-electron chi connectivity index (χ0n) is 10.9. The number of aromatic nitrogens is 2. The van der Waals surface area contributed by atoms with Gasteiger partial charge in [-0.1, -0.05) is 6.92 Å². The van der Waals surface area contributed by atoms with E-state index in [0.29, 0.717) is 0 Å². The summed E-state index contributed by atoms with van der Waals surface area (Å²) in [6.45, 7) is 4.45. The number of nitrogens with zero attached hydrogens (tertiary/aromatic N) is 3. The molecule has 0 aromatic carbocycles. The fourth-order valence-electron chi connectivity index (χ4n) is 2.07. The van der Waals surface area contributed by atoms with E-state index in [9.17, 15) is 0 Å². The van der Waals surface area contributed by atoms with Gasteiger partial charge in [-0.15, -0.1) is 0 Å². The van der Waals surface area contributed by atoms with E-state index in [1.807, 2.05) is 19.4 Å². The molecule has 1 N–H and O–H groups in total. The van der Waals surface area contributed by atoms with Crippen molar-refractivity contribution in [1.29, 1.82) is 0 Å². The minimum absolute atomic E-state index is 0.0550. The molecule has 1 heterocycles. The fourth-order valence-corrected chi connectivity index (χ4v) is 2.07. The van der Waals surface area contributed by atoms with Gasteiger partial charge in [0.05, 0.1) is 6.04 Å². The number of rotatable bonds is 5. The van der Waals surface area contributed by atoms with E-state index in [1.54, 1.807) is 6.33 Å². The number of hydrogen-bond acceptors (Lipinski definition) is 4. The zero-order chi connectivity index (χ0) is 12.2. The van der Waals surface area contributed by atoms with Crippen molar-refractivity contribution in [2.45, 2.75) is 31.8 Å². The van der Waals surface area contributed by atoms with E-state index >= 15 is 0 Å². The smallest absolute Gasteiger partial charge is 0.115 e. The molecule has 90 valence electrons. The van der Waals surface area contributed by atoms with E-state index in [0.717, 1.165) is 12.0 Å². The van der Waals surface area contributed by atoms with Gasteiger partial charge in [0.1, 0.15) is 6.33 Å².